The van der Waals surface area contributed by atoms with Gasteiger partial charge in [-0.25, -0.2) is 4.79 Å². The lowest BCUT2D eigenvalue weighted by atomic mass is 10.00. The van der Waals surface area contributed by atoms with Gasteiger partial charge in [-0.1, -0.05) is 31.5 Å². The number of aromatic nitrogens is 4. The van der Waals surface area contributed by atoms with Gasteiger partial charge in [0.05, 0.1) is 26.8 Å². The van der Waals surface area contributed by atoms with Crippen molar-refractivity contribution in [2.24, 2.45) is 0 Å². The highest BCUT2D eigenvalue weighted by atomic mass is 16.5. The van der Waals surface area contributed by atoms with Crippen molar-refractivity contribution in [1.82, 2.24) is 20.2 Å². The molecule has 0 aliphatic carbocycles. The molecule has 3 aromatic rings. The Hall–Kier alpha value is -3.72. The van der Waals surface area contributed by atoms with E-state index < -0.39 is 0 Å². The molecule has 0 radical (unpaired) electrons. The number of benzene rings is 2. The lowest BCUT2D eigenvalue weighted by molar-refractivity contribution is -0.136. The monoisotopic (exact) mass is 505 g/mol. The van der Waals surface area contributed by atoms with E-state index in [1.807, 2.05) is 37.3 Å². The first-order valence-electron chi connectivity index (χ1n) is 12.9. The van der Waals surface area contributed by atoms with E-state index in [9.17, 15) is 4.79 Å². The van der Waals surface area contributed by atoms with Crippen molar-refractivity contribution in [2.75, 3.05) is 38.4 Å². The zero-order chi connectivity index (χ0) is 26.0. The summed E-state index contributed by atoms with van der Waals surface area (Å²) in [5, 5.41) is 12.7. The lowest BCUT2D eigenvalue weighted by Gasteiger charge is -2.24. The Morgan fingerprint density at radius 1 is 1.03 bits per heavy atom. The van der Waals surface area contributed by atoms with Crippen molar-refractivity contribution in [2.45, 2.75) is 46.2 Å². The lowest BCUT2D eigenvalue weighted by Crippen LogP contribution is -2.25. The third-order valence-corrected chi connectivity index (χ3v) is 6.23. The molecule has 196 valence electrons. The summed E-state index contributed by atoms with van der Waals surface area (Å²) < 4.78 is 16.4. The fourth-order valence-corrected chi connectivity index (χ4v) is 4.18. The van der Waals surface area contributed by atoms with E-state index in [0.717, 1.165) is 47.6 Å². The maximum Gasteiger partial charge on any atom is 0.333 e. The topological polar surface area (TPSA) is 91.6 Å². The standard InChI is InChI=1S/C28H35N5O4/c1-4-6-15-36-16-17-37-25-10-7-21(8-11-25)22-9-12-26-24(18-22)19-23(28(34)35-3)13-14-32(26)20-27-29-31-33(5-2)30-27/h7-12,18-19H,4-6,13-17,20H2,1-3H3. The summed E-state index contributed by atoms with van der Waals surface area (Å²) in [5.41, 5.74) is 4.70. The molecule has 1 aliphatic heterocycles. The summed E-state index contributed by atoms with van der Waals surface area (Å²) in [6, 6.07) is 14.3. The van der Waals surface area contributed by atoms with Crippen LogP contribution in [0.3, 0.4) is 0 Å². The molecular formula is C28H35N5O4. The maximum atomic E-state index is 12.4. The van der Waals surface area contributed by atoms with Gasteiger partial charge in [-0.05, 0) is 72.0 Å². The summed E-state index contributed by atoms with van der Waals surface area (Å²) in [5.74, 6) is 1.14. The van der Waals surface area contributed by atoms with Crippen molar-refractivity contribution >= 4 is 17.7 Å². The second kappa shape index (κ2) is 13.0. The molecule has 0 amide bonds. The quantitative estimate of drug-likeness (QED) is 0.262. The minimum atomic E-state index is -0.312. The van der Waals surface area contributed by atoms with Crippen molar-refractivity contribution in [3.63, 3.8) is 0 Å². The highest BCUT2D eigenvalue weighted by molar-refractivity contribution is 5.96. The first-order chi connectivity index (χ1) is 18.1. The third kappa shape index (κ3) is 6.95. The Labute approximate surface area is 218 Å². The van der Waals surface area contributed by atoms with Crippen LogP contribution in [0.2, 0.25) is 0 Å². The highest BCUT2D eigenvalue weighted by Gasteiger charge is 2.22. The second-order valence-electron chi connectivity index (χ2n) is 8.84. The molecule has 2 heterocycles. The van der Waals surface area contributed by atoms with E-state index >= 15 is 0 Å². The fraction of sp³-hybridized carbons (Fsp3) is 0.429. The molecule has 0 N–H and O–H groups in total. The minimum absolute atomic E-state index is 0.312. The summed E-state index contributed by atoms with van der Waals surface area (Å²) in [6.45, 7) is 7.82. The number of aryl methyl sites for hydroxylation is 1. The number of hydrogen-bond acceptors (Lipinski definition) is 8. The van der Waals surface area contributed by atoms with E-state index in [0.29, 0.717) is 50.7 Å². The van der Waals surface area contributed by atoms with Crippen LogP contribution in [0.1, 0.15) is 44.5 Å². The Bertz CT molecular complexity index is 1210. The van der Waals surface area contributed by atoms with Crippen LogP contribution in [0.4, 0.5) is 5.69 Å². The number of carbonyl (C=O) groups excluding carboxylic acids is 1. The highest BCUT2D eigenvalue weighted by Crippen LogP contribution is 2.33. The smallest absolute Gasteiger partial charge is 0.333 e. The molecule has 9 nitrogen and oxygen atoms in total. The van der Waals surface area contributed by atoms with Gasteiger partial charge in [-0.3, -0.25) is 0 Å². The van der Waals surface area contributed by atoms with Crippen LogP contribution in [-0.2, 0) is 27.4 Å². The van der Waals surface area contributed by atoms with Crippen LogP contribution in [-0.4, -0.2) is 59.7 Å². The summed E-state index contributed by atoms with van der Waals surface area (Å²) >= 11 is 0. The number of unbranched alkanes of at least 4 members (excludes halogenated alkanes) is 1. The molecule has 0 unspecified atom stereocenters. The number of methoxy groups -OCH3 is 1. The van der Waals surface area contributed by atoms with Crippen molar-refractivity contribution in [3.8, 4) is 16.9 Å². The van der Waals surface area contributed by atoms with Gasteiger partial charge in [0.15, 0.2) is 5.82 Å². The number of nitrogens with zero attached hydrogens (tertiary/aromatic N) is 5. The van der Waals surface area contributed by atoms with Crippen molar-refractivity contribution in [1.29, 1.82) is 0 Å². The van der Waals surface area contributed by atoms with Gasteiger partial charge in [-0.15, -0.1) is 10.2 Å². The van der Waals surface area contributed by atoms with Gasteiger partial charge in [0, 0.05) is 24.4 Å². The normalized spacial score (nSPS) is 13.1. The van der Waals surface area contributed by atoms with Crippen molar-refractivity contribution in [3.05, 3.63) is 59.4 Å². The number of anilines is 1. The molecule has 0 bridgehead atoms. The predicted molar refractivity (Wildman–Crippen MR) is 142 cm³/mol. The van der Waals surface area contributed by atoms with Crippen LogP contribution < -0.4 is 9.64 Å². The SMILES string of the molecule is CCCCOCCOc1ccc(-c2ccc3c(c2)C=C(C(=O)OC)CCN3Cc2nnn(CC)n2)cc1. The number of carbonyl (C=O) groups is 1. The average Bonchev–Trinajstić information content (AvgIpc) is 3.31. The van der Waals surface area contributed by atoms with E-state index in [1.165, 1.54) is 7.11 Å². The Morgan fingerprint density at radius 2 is 1.84 bits per heavy atom. The maximum absolute atomic E-state index is 12.4. The number of rotatable bonds is 12. The summed E-state index contributed by atoms with van der Waals surface area (Å²) in [7, 11) is 1.41. The molecule has 2 aromatic carbocycles. The van der Waals surface area contributed by atoms with Crippen LogP contribution in [0.25, 0.3) is 17.2 Å². The zero-order valence-corrected chi connectivity index (χ0v) is 21.9. The molecule has 1 aromatic heterocycles. The van der Waals surface area contributed by atoms with Crippen LogP contribution in [0.15, 0.2) is 48.0 Å². The number of ether oxygens (including phenoxy) is 3. The van der Waals surface area contributed by atoms with Gasteiger partial charge in [0.25, 0.3) is 0 Å². The Balaban J connectivity index is 1.52. The Morgan fingerprint density at radius 3 is 2.57 bits per heavy atom. The molecule has 1 aliphatic rings. The summed E-state index contributed by atoms with van der Waals surface area (Å²) in [4.78, 5) is 16.2. The molecule has 0 saturated carbocycles. The molecule has 0 spiro atoms. The number of hydrogen-bond donors (Lipinski definition) is 0. The van der Waals surface area contributed by atoms with Gasteiger partial charge in [0.1, 0.15) is 12.4 Å². The van der Waals surface area contributed by atoms with E-state index in [4.69, 9.17) is 14.2 Å². The summed E-state index contributed by atoms with van der Waals surface area (Å²) in [6.07, 6.45) is 4.69. The van der Waals surface area contributed by atoms with Crippen LogP contribution in [0.5, 0.6) is 5.75 Å². The molecule has 0 fully saturated rings. The first kappa shape index (κ1) is 26.3. The fourth-order valence-electron chi connectivity index (χ4n) is 4.18. The molecule has 0 saturated heterocycles. The second-order valence-corrected chi connectivity index (χ2v) is 8.84. The van der Waals surface area contributed by atoms with E-state index in [2.05, 4.69) is 45.4 Å². The molecule has 9 heteroatoms. The third-order valence-electron chi connectivity index (χ3n) is 6.23. The molecule has 37 heavy (non-hydrogen) atoms. The van der Waals surface area contributed by atoms with Gasteiger partial charge in [0.2, 0.25) is 0 Å². The van der Waals surface area contributed by atoms with E-state index in [-0.39, 0.29) is 5.97 Å². The van der Waals surface area contributed by atoms with E-state index in [1.54, 1.807) is 4.80 Å². The molecule has 4 rings (SSSR count). The minimum Gasteiger partial charge on any atom is -0.491 e. The van der Waals surface area contributed by atoms with Crippen molar-refractivity contribution < 1.29 is 19.0 Å². The van der Waals surface area contributed by atoms with Crippen LogP contribution in [0, 0.1) is 0 Å². The average molecular weight is 506 g/mol. The Kier molecular flexibility index (Phi) is 9.26. The molecule has 0 atom stereocenters. The zero-order valence-electron chi connectivity index (χ0n) is 21.9. The van der Waals surface area contributed by atoms with Gasteiger partial charge in [-0.2, -0.15) is 4.80 Å². The van der Waals surface area contributed by atoms with Gasteiger partial charge < -0.3 is 19.1 Å². The number of esters is 1. The van der Waals surface area contributed by atoms with Gasteiger partial charge >= 0.3 is 5.97 Å². The molecular weight excluding hydrogens is 470 g/mol. The number of fused-ring (bicyclic) bond motifs is 1. The van der Waals surface area contributed by atoms with Crippen LogP contribution >= 0.6 is 0 Å². The number of tetrazole rings is 1. The largest absolute Gasteiger partial charge is 0.491 e. The first-order valence-corrected chi connectivity index (χ1v) is 12.9. The predicted octanol–water partition coefficient (Wildman–Crippen LogP) is 4.52.